The van der Waals surface area contributed by atoms with Crippen LogP contribution in [0, 0.1) is 0 Å². The van der Waals surface area contributed by atoms with Crippen molar-refractivity contribution in [2.24, 2.45) is 0 Å². The van der Waals surface area contributed by atoms with Crippen LogP contribution in [0.4, 0.5) is 0 Å². The average Bonchev–Trinajstić information content (AvgIpc) is 2.37. The van der Waals surface area contributed by atoms with E-state index in [-0.39, 0.29) is 12.0 Å². The van der Waals surface area contributed by atoms with Gasteiger partial charge >= 0.3 is 0 Å². The second-order valence-electron chi connectivity index (χ2n) is 4.94. The number of nitrogens with zero attached hydrogens (tertiary/aromatic N) is 1. The van der Waals surface area contributed by atoms with Crippen molar-refractivity contribution < 1.29 is 14.3 Å². The van der Waals surface area contributed by atoms with Gasteiger partial charge in [-0.25, -0.2) is 0 Å². The molecule has 0 N–H and O–H groups in total. The summed E-state index contributed by atoms with van der Waals surface area (Å²) in [5.41, 5.74) is 0.989. The molecule has 4 nitrogen and oxygen atoms in total. The number of likely N-dealkylation sites (N-methyl/N-ethyl adjacent to an activating group) is 1. The third-order valence-electron chi connectivity index (χ3n) is 2.83. The van der Waals surface area contributed by atoms with Crippen LogP contribution in [0.25, 0.3) is 0 Å². The summed E-state index contributed by atoms with van der Waals surface area (Å²) in [6.07, 6.45) is 1.49. The molecule has 0 saturated heterocycles. The highest BCUT2D eigenvalue weighted by Gasteiger charge is 2.22. The van der Waals surface area contributed by atoms with Gasteiger partial charge in [0.05, 0.1) is 6.54 Å². The highest BCUT2D eigenvalue weighted by Crippen LogP contribution is 2.30. The summed E-state index contributed by atoms with van der Waals surface area (Å²) in [5.74, 6) is 1.49. The molecule has 1 aromatic carbocycles. The molecule has 1 atom stereocenters. The molecule has 102 valence electrons. The number of ether oxygens (including phenoxy) is 2. The summed E-state index contributed by atoms with van der Waals surface area (Å²) in [7, 11) is 1.77. The zero-order chi connectivity index (χ0) is 13.8. The second-order valence-corrected chi connectivity index (χ2v) is 4.94. The van der Waals surface area contributed by atoms with Gasteiger partial charge in [0.15, 0.2) is 17.6 Å². The van der Waals surface area contributed by atoms with Crippen molar-refractivity contribution in [3.63, 3.8) is 0 Å². The molecule has 0 unspecified atom stereocenters. The number of para-hydroxylation sites is 2. The van der Waals surface area contributed by atoms with Gasteiger partial charge in [0.25, 0.3) is 0 Å². The summed E-state index contributed by atoms with van der Waals surface area (Å²) in [6.45, 7) is 4.78. The Kier molecular flexibility index (Phi) is 4.10. The number of amides is 1. The fraction of sp³-hybridized carbons (Fsp3) is 0.400. The Bertz CT molecular complexity index is 492. The van der Waals surface area contributed by atoms with E-state index in [4.69, 9.17) is 9.47 Å². The molecule has 2 rings (SSSR count). The van der Waals surface area contributed by atoms with E-state index in [1.165, 1.54) is 0 Å². The van der Waals surface area contributed by atoms with Crippen molar-refractivity contribution in [2.45, 2.75) is 20.0 Å². The maximum atomic E-state index is 11.8. The largest absolute Gasteiger partial charge is 0.486 e. The standard InChI is InChI=1S/C15H19NO3/c1-11(2)8-15(17)16(3)9-12-10-18-13-6-4-5-7-14(13)19-12/h4-8,12H,9-10H2,1-3H3/t12-/m1/s1. The van der Waals surface area contributed by atoms with E-state index in [1.807, 2.05) is 38.1 Å². The Morgan fingerprint density at radius 1 is 1.37 bits per heavy atom. The molecule has 0 radical (unpaired) electrons. The second kappa shape index (κ2) is 5.78. The molecule has 0 bridgehead atoms. The third-order valence-corrected chi connectivity index (χ3v) is 2.83. The summed E-state index contributed by atoms with van der Waals surface area (Å²) in [6, 6.07) is 7.57. The first-order chi connectivity index (χ1) is 9.06. The van der Waals surface area contributed by atoms with E-state index < -0.39 is 0 Å². The molecule has 19 heavy (non-hydrogen) atoms. The first-order valence-corrected chi connectivity index (χ1v) is 6.34. The Morgan fingerprint density at radius 2 is 2.05 bits per heavy atom. The van der Waals surface area contributed by atoms with Crippen molar-refractivity contribution in [3.8, 4) is 11.5 Å². The monoisotopic (exact) mass is 261 g/mol. The molecule has 0 aliphatic carbocycles. The number of hydrogen-bond donors (Lipinski definition) is 0. The number of carbonyl (C=O) groups excluding carboxylic acids is 1. The molecule has 1 aromatic rings. The molecular weight excluding hydrogens is 242 g/mol. The van der Waals surface area contributed by atoms with Crippen molar-refractivity contribution in [1.82, 2.24) is 4.90 Å². The lowest BCUT2D eigenvalue weighted by molar-refractivity contribution is -0.126. The van der Waals surface area contributed by atoms with E-state index in [9.17, 15) is 4.79 Å². The highest BCUT2D eigenvalue weighted by molar-refractivity contribution is 5.87. The van der Waals surface area contributed by atoms with Gasteiger partial charge in [-0.05, 0) is 26.0 Å². The molecule has 0 aromatic heterocycles. The van der Waals surface area contributed by atoms with Crippen LogP contribution >= 0.6 is 0 Å². The molecule has 1 aliphatic heterocycles. The molecular formula is C15H19NO3. The maximum absolute atomic E-state index is 11.8. The average molecular weight is 261 g/mol. The van der Waals surface area contributed by atoms with Crippen LogP contribution in [-0.4, -0.2) is 37.1 Å². The summed E-state index contributed by atoms with van der Waals surface area (Å²) in [4.78, 5) is 13.5. The Hall–Kier alpha value is -1.97. The van der Waals surface area contributed by atoms with Crippen LogP contribution in [0.3, 0.4) is 0 Å². The summed E-state index contributed by atoms with van der Waals surface area (Å²) < 4.78 is 11.4. The van der Waals surface area contributed by atoms with Gasteiger partial charge in [0.2, 0.25) is 5.91 Å². The minimum absolute atomic E-state index is 0.0116. The minimum atomic E-state index is -0.130. The lowest BCUT2D eigenvalue weighted by atomic mass is 10.2. The lowest BCUT2D eigenvalue weighted by Crippen LogP contribution is -2.41. The number of fused-ring (bicyclic) bond motifs is 1. The van der Waals surface area contributed by atoms with Crippen molar-refractivity contribution in [2.75, 3.05) is 20.2 Å². The van der Waals surface area contributed by atoms with Gasteiger partial charge < -0.3 is 14.4 Å². The van der Waals surface area contributed by atoms with Gasteiger partial charge in [-0.3, -0.25) is 4.79 Å². The van der Waals surface area contributed by atoms with Gasteiger partial charge in [-0.1, -0.05) is 17.7 Å². The zero-order valence-electron chi connectivity index (χ0n) is 11.6. The van der Waals surface area contributed by atoms with Gasteiger partial charge in [-0.2, -0.15) is 0 Å². The third kappa shape index (κ3) is 3.50. The zero-order valence-corrected chi connectivity index (χ0v) is 11.6. The number of rotatable bonds is 3. The van der Waals surface area contributed by atoms with E-state index in [0.717, 1.165) is 17.1 Å². The minimum Gasteiger partial charge on any atom is -0.486 e. The Balaban J connectivity index is 1.95. The quantitative estimate of drug-likeness (QED) is 0.783. The lowest BCUT2D eigenvalue weighted by Gasteiger charge is -2.29. The molecule has 4 heteroatoms. The number of allylic oxidation sites excluding steroid dienone is 1. The number of hydrogen-bond acceptors (Lipinski definition) is 3. The number of carbonyl (C=O) groups is 1. The predicted octanol–water partition coefficient (Wildman–Crippen LogP) is 2.25. The van der Waals surface area contributed by atoms with Crippen LogP contribution in [0.1, 0.15) is 13.8 Å². The van der Waals surface area contributed by atoms with Crippen LogP contribution < -0.4 is 9.47 Å². The fourth-order valence-corrected chi connectivity index (χ4v) is 1.91. The van der Waals surface area contributed by atoms with Crippen molar-refractivity contribution in [3.05, 3.63) is 35.9 Å². The predicted molar refractivity (Wildman–Crippen MR) is 73.4 cm³/mol. The van der Waals surface area contributed by atoms with E-state index >= 15 is 0 Å². The molecule has 1 heterocycles. The van der Waals surface area contributed by atoms with E-state index in [1.54, 1.807) is 18.0 Å². The van der Waals surface area contributed by atoms with Crippen molar-refractivity contribution in [1.29, 1.82) is 0 Å². The Labute approximate surface area is 113 Å². The molecule has 0 fully saturated rings. The SMILES string of the molecule is CC(C)=CC(=O)N(C)C[C@@H]1COc2ccccc2O1. The summed E-state index contributed by atoms with van der Waals surface area (Å²) in [5, 5.41) is 0. The van der Waals surface area contributed by atoms with E-state index in [2.05, 4.69) is 0 Å². The van der Waals surface area contributed by atoms with Crippen LogP contribution in [0.15, 0.2) is 35.9 Å². The maximum Gasteiger partial charge on any atom is 0.246 e. The molecule has 1 amide bonds. The first-order valence-electron chi connectivity index (χ1n) is 6.34. The van der Waals surface area contributed by atoms with Crippen LogP contribution in [0.5, 0.6) is 11.5 Å². The molecule has 1 aliphatic rings. The van der Waals surface area contributed by atoms with Crippen LogP contribution in [-0.2, 0) is 4.79 Å². The normalized spacial score (nSPS) is 16.7. The molecule has 0 spiro atoms. The topological polar surface area (TPSA) is 38.8 Å². The number of benzene rings is 1. The smallest absolute Gasteiger partial charge is 0.246 e. The van der Waals surface area contributed by atoms with Crippen LogP contribution in [0.2, 0.25) is 0 Å². The van der Waals surface area contributed by atoms with Crippen molar-refractivity contribution >= 4 is 5.91 Å². The molecule has 0 saturated carbocycles. The van der Waals surface area contributed by atoms with Gasteiger partial charge in [-0.15, -0.1) is 0 Å². The summed E-state index contributed by atoms with van der Waals surface area (Å²) >= 11 is 0. The Morgan fingerprint density at radius 3 is 2.74 bits per heavy atom. The fourth-order valence-electron chi connectivity index (χ4n) is 1.91. The van der Waals surface area contributed by atoms with E-state index in [0.29, 0.717) is 13.2 Å². The van der Waals surface area contributed by atoms with Gasteiger partial charge in [0, 0.05) is 13.1 Å². The highest BCUT2D eigenvalue weighted by atomic mass is 16.6. The first kappa shape index (κ1) is 13.5. The van der Waals surface area contributed by atoms with Gasteiger partial charge in [0.1, 0.15) is 6.61 Å².